The fourth-order valence-electron chi connectivity index (χ4n) is 5.66. The van der Waals surface area contributed by atoms with Gasteiger partial charge in [0.1, 0.15) is 11.9 Å². The van der Waals surface area contributed by atoms with Crippen LogP contribution in [0.4, 0.5) is 29.6 Å². The molecule has 1 aliphatic heterocycles. The molecule has 1 saturated heterocycles. The smallest absolute Gasteiger partial charge is 0.410 e. The van der Waals surface area contributed by atoms with Crippen LogP contribution in [0.5, 0.6) is 0 Å². The second-order valence-corrected chi connectivity index (χ2v) is 11.9. The van der Waals surface area contributed by atoms with Crippen molar-refractivity contribution >= 4 is 17.7 Å². The quantitative estimate of drug-likeness (QED) is 0.532. The third-order valence-electron chi connectivity index (χ3n) is 8.11. The molecular weight excluding hydrogens is 487 g/mol. The molecule has 1 aromatic heterocycles. The third-order valence-corrected chi connectivity index (χ3v) is 8.11. The number of likely N-dealkylation sites (tertiary alicyclic amines) is 1. The number of anilines is 2. The van der Waals surface area contributed by atoms with E-state index in [1.54, 1.807) is 20.8 Å². The summed E-state index contributed by atoms with van der Waals surface area (Å²) >= 11 is 0. The summed E-state index contributed by atoms with van der Waals surface area (Å²) in [5.41, 5.74) is -1.40. The molecule has 1 spiro atoms. The number of hydrogen-bond donors (Lipinski definition) is 2. The molecule has 2 aliphatic carbocycles. The lowest BCUT2D eigenvalue weighted by Crippen LogP contribution is -2.49. The van der Waals surface area contributed by atoms with Gasteiger partial charge in [-0.25, -0.2) is 23.5 Å². The van der Waals surface area contributed by atoms with E-state index in [0.29, 0.717) is 58.3 Å². The molecule has 2 saturated carbocycles. The predicted octanol–water partition coefficient (Wildman–Crippen LogP) is 4.69. The van der Waals surface area contributed by atoms with Crippen LogP contribution in [0, 0.1) is 23.1 Å². The first-order valence-electron chi connectivity index (χ1n) is 13.4. The van der Waals surface area contributed by atoms with Gasteiger partial charge in [0.15, 0.2) is 11.6 Å². The number of β-amino-alcohol motifs (C(OH)–C–C–N with tert-alkyl or cyclic N) is 1. The Labute approximate surface area is 217 Å². The summed E-state index contributed by atoms with van der Waals surface area (Å²) in [5.74, 6) is -2.79. The molecule has 37 heavy (non-hydrogen) atoms. The Bertz CT molecular complexity index is 965. The number of nitrogens with one attached hydrogen (secondary N) is 1. The third kappa shape index (κ3) is 6.23. The molecule has 0 bridgehead atoms. The molecule has 208 valence electrons. The molecule has 11 heteroatoms. The Morgan fingerprint density at radius 1 is 1.27 bits per heavy atom. The molecule has 0 unspecified atom stereocenters. The topological polar surface area (TPSA) is 90.8 Å². The number of rotatable bonds is 7. The van der Waals surface area contributed by atoms with Gasteiger partial charge in [-0.1, -0.05) is 0 Å². The zero-order valence-electron chi connectivity index (χ0n) is 22.3. The van der Waals surface area contributed by atoms with Gasteiger partial charge >= 0.3 is 6.09 Å². The predicted molar refractivity (Wildman–Crippen MR) is 134 cm³/mol. The van der Waals surface area contributed by atoms with Gasteiger partial charge in [0.05, 0.1) is 12.6 Å². The van der Waals surface area contributed by atoms with Crippen LogP contribution in [-0.2, 0) is 4.74 Å². The number of aromatic nitrogens is 2. The summed E-state index contributed by atoms with van der Waals surface area (Å²) in [6, 6.07) is 0. The lowest BCUT2D eigenvalue weighted by Gasteiger charge is -2.36. The molecule has 0 radical (unpaired) electrons. The number of aliphatic hydroxyl groups is 1. The van der Waals surface area contributed by atoms with Crippen LogP contribution in [0.2, 0.25) is 0 Å². The highest BCUT2D eigenvalue weighted by atomic mass is 19.3. The van der Waals surface area contributed by atoms with Crippen LogP contribution in [0.1, 0.15) is 66.2 Å². The Balaban J connectivity index is 1.31. The van der Waals surface area contributed by atoms with Crippen molar-refractivity contribution in [2.45, 2.75) is 83.8 Å². The lowest BCUT2D eigenvalue weighted by atomic mass is 9.79. The number of halogens is 3. The van der Waals surface area contributed by atoms with Gasteiger partial charge in [-0.15, -0.1) is 0 Å². The van der Waals surface area contributed by atoms with E-state index in [-0.39, 0.29) is 36.4 Å². The first-order chi connectivity index (χ1) is 17.3. The number of carbonyl (C=O) groups is 1. The van der Waals surface area contributed by atoms with Crippen LogP contribution < -0.4 is 10.2 Å². The monoisotopic (exact) mass is 527 g/mol. The van der Waals surface area contributed by atoms with Crippen molar-refractivity contribution in [3.63, 3.8) is 0 Å². The summed E-state index contributed by atoms with van der Waals surface area (Å²) in [7, 11) is 0. The summed E-state index contributed by atoms with van der Waals surface area (Å²) in [6.07, 6.45) is 3.10. The molecule has 2 N–H and O–H groups in total. The molecule has 1 aromatic rings. The van der Waals surface area contributed by atoms with Crippen LogP contribution >= 0.6 is 0 Å². The van der Waals surface area contributed by atoms with Gasteiger partial charge in [0.25, 0.3) is 5.92 Å². The first-order valence-corrected chi connectivity index (χ1v) is 13.4. The maximum atomic E-state index is 15.4. The maximum Gasteiger partial charge on any atom is 0.410 e. The van der Waals surface area contributed by atoms with E-state index in [1.165, 1.54) is 11.2 Å². The van der Waals surface area contributed by atoms with Crippen molar-refractivity contribution in [3.8, 4) is 0 Å². The van der Waals surface area contributed by atoms with Crippen LogP contribution in [0.25, 0.3) is 0 Å². The fraction of sp³-hybridized carbons (Fsp3) is 0.808. The van der Waals surface area contributed by atoms with E-state index in [1.807, 2.05) is 11.8 Å². The number of alkyl halides is 2. The molecule has 0 aromatic carbocycles. The average Bonchev–Trinajstić information content (AvgIpc) is 3.36. The molecule has 8 nitrogen and oxygen atoms in total. The number of piperidine rings is 1. The number of amides is 1. The van der Waals surface area contributed by atoms with Crippen molar-refractivity contribution in [3.05, 3.63) is 12.1 Å². The molecular formula is C26H40F3N5O3. The highest BCUT2D eigenvalue weighted by Gasteiger charge is 2.70. The second-order valence-electron chi connectivity index (χ2n) is 11.9. The van der Waals surface area contributed by atoms with Crippen LogP contribution in [-0.4, -0.2) is 76.4 Å². The van der Waals surface area contributed by atoms with Gasteiger partial charge in [-0.05, 0) is 65.7 Å². The minimum Gasteiger partial charge on any atom is -0.444 e. The first kappa shape index (κ1) is 27.7. The molecule has 2 heterocycles. The highest BCUT2D eigenvalue weighted by molar-refractivity contribution is 5.68. The summed E-state index contributed by atoms with van der Waals surface area (Å²) < 4.78 is 48.2. The van der Waals surface area contributed by atoms with E-state index >= 15 is 4.39 Å². The lowest BCUT2D eigenvalue weighted by molar-refractivity contribution is -0.0104. The van der Waals surface area contributed by atoms with Gasteiger partial charge in [0, 0.05) is 43.9 Å². The Morgan fingerprint density at radius 2 is 1.95 bits per heavy atom. The van der Waals surface area contributed by atoms with Gasteiger partial charge < -0.3 is 25.0 Å². The van der Waals surface area contributed by atoms with E-state index in [2.05, 4.69) is 15.3 Å². The molecule has 4 rings (SSSR count). The maximum absolute atomic E-state index is 15.4. The number of aliphatic hydroxyl groups excluding tert-OH is 1. The zero-order valence-corrected chi connectivity index (χ0v) is 22.3. The Morgan fingerprint density at radius 3 is 2.51 bits per heavy atom. The second kappa shape index (κ2) is 10.5. The van der Waals surface area contributed by atoms with E-state index in [0.717, 1.165) is 0 Å². The summed E-state index contributed by atoms with van der Waals surface area (Å²) in [5, 5.41) is 13.6. The molecule has 3 aliphatic rings. The molecule has 1 amide bonds. The largest absolute Gasteiger partial charge is 0.444 e. The van der Waals surface area contributed by atoms with E-state index in [4.69, 9.17) is 4.74 Å². The minimum absolute atomic E-state index is 0.00844. The Hall–Kier alpha value is -2.30. The highest BCUT2D eigenvalue weighted by Crippen LogP contribution is 2.67. The SMILES string of the molecule is CCN(CC1CCC2(CC1)CC2(F)F)c1ncnc(NC[C@@H]2CCN(C(=O)OC(C)(C)C)C[C@H]2O)c1F. The fourth-order valence-corrected chi connectivity index (χ4v) is 5.66. The van der Waals surface area contributed by atoms with Gasteiger partial charge in [-0.2, -0.15) is 4.39 Å². The van der Waals surface area contributed by atoms with Crippen molar-refractivity contribution < 1.29 is 27.8 Å². The molecule has 3 fully saturated rings. The summed E-state index contributed by atoms with van der Waals surface area (Å²) in [4.78, 5) is 23.9. The summed E-state index contributed by atoms with van der Waals surface area (Å²) in [6.45, 7) is 9.28. The number of carbonyl (C=O) groups excluding carboxylic acids is 1. The van der Waals surface area contributed by atoms with E-state index in [9.17, 15) is 18.7 Å². The van der Waals surface area contributed by atoms with Crippen molar-refractivity contribution in [1.29, 1.82) is 0 Å². The zero-order chi connectivity index (χ0) is 27.0. The number of hydrogen-bond acceptors (Lipinski definition) is 7. The van der Waals surface area contributed by atoms with Gasteiger partial charge in [-0.3, -0.25) is 0 Å². The van der Waals surface area contributed by atoms with Crippen molar-refractivity contribution in [2.75, 3.05) is 42.9 Å². The van der Waals surface area contributed by atoms with Crippen LogP contribution in [0.15, 0.2) is 6.33 Å². The average molecular weight is 528 g/mol. The molecule has 2 atom stereocenters. The normalized spacial score (nSPS) is 29.2. The van der Waals surface area contributed by atoms with E-state index < -0.39 is 35.0 Å². The Kier molecular flexibility index (Phi) is 7.84. The number of ether oxygens (including phenoxy) is 1. The van der Waals surface area contributed by atoms with Crippen LogP contribution in [0.3, 0.4) is 0 Å². The standard InChI is InChI=1S/C26H40F3N5O3/c1-5-33(13-17-6-9-25(10-7-17)15-26(25,28)29)22-20(27)21(31-16-32-22)30-12-18-8-11-34(14-19(18)35)23(36)37-24(2,3)4/h16-19,35H,5-15H2,1-4H3,(H,30,31,32)/t17?,18-,19+,25?/m0/s1. The number of nitrogens with zero attached hydrogens (tertiary/aromatic N) is 4. The van der Waals surface area contributed by atoms with Crippen molar-refractivity contribution in [2.24, 2.45) is 17.3 Å². The van der Waals surface area contributed by atoms with Gasteiger partial charge in [0.2, 0.25) is 5.82 Å². The minimum atomic E-state index is -2.51. The van der Waals surface area contributed by atoms with Crippen molar-refractivity contribution in [1.82, 2.24) is 14.9 Å².